The van der Waals surface area contributed by atoms with Crippen LogP contribution in [0.3, 0.4) is 0 Å². The number of rotatable bonds is 4. The lowest BCUT2D eigenvalue weighted by Crippen LogP contribution is -2.45. The van der Waals surface area contributed by atoms with Gasteiger partial charge in [-0.2, -0.15) is 0 Å². The number of carbonyl (C=O) groups is 2. The quantitative estimate of drug-likeness (QED) is 0.813. The van der Waals surface area contributed by atoms with Gasteiger partial charge in [-0.25, -0.2) is 0 Å². The number of carbonyl (C=O) groups excluding carboxylic acids is 1. The van der Waals surface area contributed by atoms with Crippen LogP contribution in [0.25, 0.3) is 0 Å². The second-order valence-corrected chi connectivity index (χ2v) is 5.73. The van der Waals surface area contributed by atoms with Gasteiger partial charge in [-0.15, -0.1) is 0 Å². The fraction of sp³-hybridized carbons (Fsp3) is 0.846. The van der Waals surface area contributed by atoms with Gasteiger partial charge in [-0.1, -0.05) is 6.42 Å². The molecule has 0 heterocycles. The van der Waals surface area contributed by atoms with E-state index in [2.05, 4.69) is 0 Å². The van der Waals surface area contributed by atoms with Crippen molar-refractivity contribution >= 4 is 11.9 Å². The summed E-state index contributed by atoms with van der Waals surface area (Å²) in [6.45, 7) is 3.60. The Balaban J connectivity index is 2.03. The first-order valence-corrected chi connectivity index (χ1v) is 6.51. The number of carboxylic acid groups (broad SMARTS) is 1. The van der Waals surface area contributed by atoms with Crippen molar-refractivity contribution in [1.82, 2.24) is 4.90 Å². The summed E-state index contributed by atoms with van der Waals surface area (Å²) in [7, 11) is 0. The van der Waals surface area contributed by atoms with Crippen molar-refractivity contribution in [1.29, 1.82) is 0 Å². The van der Waals surface area contributed by atoms with Gasteiger partial charge in [0.2, 0.25) is 5.91 Å². The summed E-state index contributed by atoms with van der Waals surface area (Å²) in [4.78, 5) is 24.7. The van der Waals surface area contributed by atoms with E-state index in [1.54, 1.807) is 0 Å². The zero-order valence-electron chi connectivity index (χ0n) is 10.6. The van der Waals surface area contributed by atoms with E-state index < -0.39 is 5.97 Å². The molecule has 0 aromatic heterocycles. The van der Waals surface area contributed by atoms with Crippen molar-refractivity contribution in [3.63, 3.8) is 0 Å². The average Bonchev–Trinajstić information content (AvgIpc) is 2.85. The third kappa shape index (κ3) is 2.45. The fourth-order valence-corrected chi connectivity index (χ4v) is 3.42. The summed E-state index contributed by atoms with van der Waals surface area (Å²) in [5, 5.41) is 8.86. The van der Waals surface area contributed by atoms with Crippen molar-refractivity contribution in [3.05, 3.63) is 0 Å². The molecule has 17 heavy (non-hydrogen) atoms. The Labute approximate surface area is 102 Å². The second kappa shape index (κ2) is 4.67. The predicted octanol–water partition coefficient (Wildman–Crippen LogP) is 1.74. The molecule has 4 nitrogen and oxygen atoms in total. The van der Waals surface area contributed by atoms with Gasteiger partial charge < -0.3 is 10.0 Å². The van der Waals surface area contributed by atoms with E-state index >= 15 is 0 Å². The van der Waals surface area contributed by atoms with Crippen LogP contribution in [0.4, 0.5) is 0 Å². The molecule has 0 aliphatic heterocycles. The topological polar surface area (TPSA) is 57.6 Å². The maximum absolute atomic E-state index is 12.4. The second-order valence-electron chi connectivity index (χ2n) is 5.73. The minimum absolute atomic E-state index is 0.0299. The normalized spacial score (nSPS) is 30.9. The average molecular weight is 239 g/mol. The molecule has 2 aliphatic rings. The Morgan fingerprint density at radius 3 is 2.41 bits per heavy atom. The van der Waals surface area contributed by atoms with E-state index in [1.807, 2.05) is 13.8 Å². The van der Waals surface area contributed by atoms with Crippen LogP contribution in [0.1, 0.15) is 39.5 Å². The first-order valence-electron chi connectivity index (χ1n) is 6.51. The van der Waals surface area contributed by atoms with Crippen molar-refractivity contribution in [2.45, 2.75) is 45.6 Å². The number of hydrogen-bond donors (Lipinski definition) is 1. The van der Waals surface area contributed by atoms with Crippen LogP contribution < -0.4 is 0 Å². The summed E-state index contributed by atoms with van der Waals surface area (Å²) < 4.78 is 0. The zero-order valence-corrected chi connectivity index (χ0v) is 10.6. The molecule has 0 saturated heterocycles. The SMILES string of the molecule is CC(C)N(CC(=O)O)C(=O)C1CC2CCC1C2. The fourth-order valence-electron chi connectivity index (χ4n) is 3.42. The first-order chi connectivity index (χ1) is 7.99. The third-order valence-corrected chi connectivity index (χ3v) is 4.27. The molecule has 1 amide bonds. The molecule has 0 spiro atoms. The van der Waals surface area contributed by atoms with Crippen molar-refractivity contribution in [3.8, 4) is 0 Å². The largest absolute Gasteiger partial charge is 0.480 e. The highest BCUT2D eigenvalue weighted by molar-refractivity contribution is 5.84. The number of fused-ring (bicyclic) bond motifs is 2. The summed E-state index contributed by atoms with van der Waals surface area (Å²) in [5.41, 5.74) is 0. The lowest BCUT2D eigenvalue weighted by atomic mass is 9.87. The van der Waals surface area contributed by atoms with Crippen LogP contribution >= 0.6 is 0 Å². The monoisotopic (exact) mass is 239 g/mol. The van der Waals surface area contributed by atoms with Gasteiger partial charge in [0.15, 0.2) is 0 Å². The highest BCUT2D eigenvalue weighted by atomic mass is 16.4. The number of aliphatic carboxylic acids is 1. The number of carboxylic acids is 1. The van der Waals surface area contributed by atoms with Gasteiger partial charge >= 0.3 is 5.97 Å². The summed E-state index contributed by atoms with van der Waals surface area (Å²) >= 11 is 0. The van der Waals surface area contributed by atoms with Crippen LogP contribution in [0, 0.1) is 17.8 Å². The Bertz CT molecular complexity index is 327. The van der Waals surface area contributed by atoms with Crippen LogP contribution in [-0.4, -0.2) is 34.5 Å². The minimum Gasteiger partial charge on any atom is -0.480 e. The van der Waals surface area contributed by atoms with E-state index in [9.17, 15) is 9.59 Å². The van der Waals surface area contributed by atoms with E-state index in [-0.39, 0.29) is 24.4 Å². The maximum atomic E-state index is 12.4. The molecule has 3 unspecified atom stereocenters. The predicted molar refractivity (Wildman–Crippen MR) is 63.4 cm³/mol. The van der Waals surface area contributed by atoms with Crippen molar-refractivity contribution in [2.75, 3.05) is 6.54 Å². The van der Waals surface area contributed by atoms with Crippen LogP contribution in [0.15, 0.2) is 0 Å². The van der Waals surface area contributed by atoms with Gasteiger partial charge in [0.05, 0.1) is 0 Å². The molecular formula is C13H21NO3. The van der Waals surface area contributed by atoms with Crippen molar-refractivity contribution in [2.24, 2.45) is 17.8 Å². The molecule has 4 heteroatoms. The van der Waals surface area contributed by atoms with Gasteiger partial charge in [0.1, 0.15) is 6.54 Å². The molecule has 2 fully saturated rings. The molecule has 96 valence electrons. The van der Waals surface area contributed by atoms with Gasteiger partial charge in [0.25, 0.3) is 0 Å². The molecule has 0 aromatic rings. The molecule has 2 bridgehead atoms. The summed E-state index contributed by atoms with van der Waals surface area (Å²) in [6.07, 6.45) is 4.57. The van der Waals surface area contributed by atoms with Gasteiger partial charge in [0, 0.05) is 12.0 Å². The molecule has 2 saturated carbocycles. The molecule has 3 atom stereocenters. The van der Waals surface area contributed by atoms with Crippen LogP contribution in [0.2, 0.25) is 0 Å². The minimum atomic E-state index is -0.921. The van der Waals surface area contributed by atoms with E-state index in [0.717, 1.165) is 12.8 Å². The molecule has 0 radical (unpaired) electrons. The highest BCUT2D eigenvalue weighted by Gasteiger charge is 2.44. The van der Waals surface area contributed by atoms with E-state index in [0.29, 0.717) is 11.8 Å². The van der Waals surface area contributed by atoms with E-state index in [1.165, 1.54) is 17.7 Å². The molecule has 2 aliphatic carbocycles. The Morgan fingerprint density at radius 2 is 2.00 bits per heavy atom. The Morgan fingerprint density at radius 1 is 1.29 bits per heavy atom. The number of hydrogen-bond acceptors (Lipinski definition) is 2. The standard InChI is InChI=1S/C13H21NO3/c1-8(2)14(7-12(15)16)13(17)11-6-9-3-4-10(11)5-9/h8-11H,3-7H2,1-2H3,(H,15,16). The first kappa shape index (κ1) is 12.4. The number of amides is 1. The van der Waals surface area contributed by atoms with Crippen LogP contribution in [0.5, 0.6) is 0 Å². The van der Waals surface area contributed by atoms with Gasteiger partial charge in [-0.05, 0) is 44.9 Å². The van der Waals surface area contributed by atoms with Crippen molar-refractivity contribution < 1.29 is 14.7 Å². The maximum Gasteiger partial charge on any atom is 0.323 e. The van der Waals surface area contributed by atoms with Crippen LogP contribution in [-0.2, 0) is 9.59 Å². The smallest absolute Gasteiger partial charge is 0.323 e. The Kier molecular flexibility index (Phi) is 3.40. The zero-order chi connectivity index (χ0) is 12.6. The van der Waals surface area contributed by atoms with Gasteiger partial charge in [-0.3, -0.25) is 9.59 Å². The lowest BCUT2D eigenvalue weighted by Gasteiger charge is -2.31. The lowest BCUT2D eigenvalue weighted by molar-refractivity contribution is -0.148. The molecular weight excluding hydrogens is 218 g/mol. The molecule has 2 rings (SSSR count). The summed E-state index contributed by atoms with van der Waals surface area (Å²) in [6, 6.07) is -0.0299. The highest BCUT2D eigenvalue weighted by Crippen LogP contribution is 2.48. The third-order valence-electron chi connectivity index (χ3n) is 4.27. The Hall–Kier alpha value is -1.06. The number of nitrogens with zero attached hydrogens (tertiary/aromatic N) is 1. The van der Waals surface area contributed by atoms with E-state index in [4.69, 9.17) is 5.11 Å². The summed E-state index contributed by atoms with van der Waals surface area (Å²) in [5.74, 6) is 0.468. The molecule has 1 N–H and O–H groups in total. The molecule has 0 aromatic carbocycles.